The van der Waals surface area contributed by atoms with Gasteiger partial charge in [-0.15, -0.1) is 0 Å². The van der Waals surface area contributed by atoms with Crippen LogP contribution in [0.15, 0.2) is 0 Å². The van der Waals surface area contributed by atoms with Gasteiger partial charge in [0.1, 0.15) is 0 Å². The van der Waals surface area contributed by atoms with Gasteiger partial charge in [-0.1, -0.05) is 11.8 Å². The van der Waals surface area contributed by atoms with E-state index >= 15 is 0 Å². The third-order valence-corrected chi connectivity index (χ3v) is 2.32. The maximum absolute atomic E-state index is 10.5. The van der Waals surface area contributed by atoms with E-state index in [1.165, 1.54) is 11.8 Å². The van der Waals surface area contributed by atoms with E-state index in [-0.39, 0.29) is 16.9 Å². The first kappa shape index (κ1) is 6.61. The number of carbonyl (C=O) groups excluding carboxylic acids is 2. The van der Waals surface area contributed by atoms with Gasteiger partial charge >= 0.3 is 0 Å². The lowest BCUT2D eigenvalue weighted by Crippen LogP contribution is -2.22. The van der Waals surface area contributed by atoms with E-state index in [2.05, 4.69) is 0 Å². The second-order valence-corrected chi connectivity index (χ2v) is 3.06. The molecule has 0 aromatic heterocycles. The normalized spacial score (nSPS) is 26.7. The van der Waals surface area contributed by atoms with Crippen LogP contribution in [0.3, 0.4) is 0 Å². The molecular weight excluding hydrogens is 138 g/mol. The first-order valence-electron chi connectivity index (χ1n) is 2.65. The lowest BCUT2D eigenvalue weighted by molar-refractivity contribution is -0.123. The van der Waals surface area contributed by atoms with Gasteiger partial charge in [-0.2, -0.15) is 0 Å². The molecular formula is C5H7NO2S. The van der Waals surface area contributed by atoms with Crippen LogP contribution < -0.4 is 5.73 Å². The van der Waals surface area contributed by atoms with Crippen molar-refractivity contribution in [3.05, 3.63) is 0 Å². The largest absolute Gasteiger partial charge is 0.369 e. The predicted molar refractivity (Wildman–Crippen MR) is 34.8 cm³/mol. The van der Waals surface area contributed by atoms with Crippen LogP contribution in [0.4, 0.5) is 0 Å². The molecule has 1 aliphatic rings. The summed E-state index contributed by atoms with van der Waals surface area (Å²) >= 11 is 1.19. The van der Waals surface area contributed by atoms with E-state index in [4.69, 9.17) is 5.73 Å². The molecule has 1 unspecified atom stereocenters. The lowest BCUT2D eigenvalue weighted by atomic mass is 10.1. The van der Waals surface area contributed by atoms with Gasteiger partial charge in [-0.25, -0.2) is 0 Å². The molecule has 0 aliphatic carbocycles. The Hall–Kier alpha value is -0.510. The Kier molecular flexibility index (Phi) is 1.75. The zero-order valence-electron chi connectivity index (χ0n) is 4.79. The van der Waals surface area contributed by atoms with Crippen LogP contribution >= 0.6 is 11.8 Å². The highest BCUT2D eigenvalue weighted by atomic mass is 32.2. The second-order valence-electron chi connectivity index (χ2n) is 1.99. The topological polar surface area (TPSA) is 60.2 Å². The minimum atomic E-state index is -0.353. The molecule has 1 atom stereocenters. The Bertz CT molecular complexity index is 157. The summed E-state index contributed by atoms with van der Waals surface area (Å²) in [5.74, 6) is 0.0181. The Morgan fingerprint density at radius 3 is 2.67 bits per heavy atom. The average molecular weight is 145 g/mol. The highest BCUT2D eigenvalue weighted by Gasteiger charge is 2.26. The van der Waals surface area contributed by atoms with Crippen LogP contribution in [0.5, 0.6) is 0 Å². The highest BCUT2D eigenvalue weighted by molar-refractivity contribution is 8.14. The van der Waals surface area contributed by atoms with Crippen LogP contribution in [-0.2, 0) is 9.59 Å². The number of nitrogens with two attached hydrogens (primary N) is 1. The number of thioether (sulfide) groups is 1. The van der Waals surface area contributed by atoms with Crippen molar-refractivity contribution >= 4 is 22.8 Å². The van der Waals surface area contributed by atoms with Crippen molar-refractivity contribution in [2.24, 2.45) is 11.7 Å². The molecule has 0 saturated carbocycles. The van der Waals surface area contributed by atoms with Crippen molar-refractivity contribution in [1.29, 1.82) is 0 Å². The molecule has 1 saturated heterocycles. The van der Waals surface area contributed by atoms with E-state index in [1.807, 2.05) is 0 Å². The quantitative estimate of drug-likeness (QED) is 0.553. The van der Waals surface area contributed by atoms with Gasteiger partial charge in [-0.3, -0.25) is 9.59 Å². The zero-order valence-corrected chi connectivity index (χ0v) is 5.61. The second kappa shape index (κ2) is 2.39. The van der Waals surface area contributed by atoms with Crippen molar-refractivity contribution in [1.82, 2.24) is 0 Å². The van der Waals surface area contributed by atoms with Gasteiger partial charge in [0.2, 0.25) is 5.91 Å². The SMILES string of the molecule is NC(=O)C1CSC(=O)C1. The van der Waals surface area contributed by atoms with Crippen molar-refractivity contribution < 1.29 is 9.59 Å². The number of amides is 1. The van der Waals surface area contributed by atoms with E-state index in [0.29, 0.717) is 12.2 Å². The van der Waals surface area contributed by atoms with Crippen LogP contribution in [0.25, 0.3) is 0 Å². The maximum Gasteiger partial charge on any atom is 0.221 e. The molecule has 0 aromatic carbocycles. The molecule has 1 rings (SSSR count). The first-order chi connectivity index (χ1) is 4.20. The molecule has 1 fully saturated rings. The van der Waals surface area contributed by atoms with Gasteiger partial charge in [0.15, 0.2) is 5.12 Å². The minimum absolute atomic E-state index is 0.0822. The maximum atomic E-state index is 10.5. The molecule has 4 heteroatoms. The molecule has 0 bridgehead atoms. The van der Waals surface area contributed by atoms with E-state index in [1.54, 1.807) is 0 Å². The summed E-state index contributed by atoms with van der Waals surface area (Å²) in [5, 5.41) is 0.0822. The number of hydrogen-bond donors (Lipinski definition) is 1. The molecule has 0 radical (unpaired) electrons. The first-order valence-corrected chi connectivity index (χ1v) is 3.63. The minimum Gasteiger partial charge on any atom is -0.369 e. The fraction of sp³-hybridized carbons (Fsp3) is 0.600. The van der Waals surface area contributed by atoms with Gasteiger partial charge < -0.3 is 5.73 Å². The standard InChI is InChI=1S/C5H7NO2S/c6-5(8)3-1-4(7)9-2-3/h3H,1-2H2,(H2,6,8). The summed E-state index contributed by atoms with van der Waals surface area (Å²) in [7, 11) is 0. The van der Waals surface area contributed by atoms with Gasteiger partial charge in [0, 0.05) is 12.2 Å². The number of primary amides is 1. The highest BCUT2D eigenvalue weighted by Crippen LogP contribution is 2.24. The third kappa shape index (κ3) is 1.45. The molecule has 0 aromatic rings. The van der Waals surface area contributed by atoms with Crippen molar-refractivity contribution in [3.63, 3.8) is 0 Å². The van der Waals surface area contributed by atoms with Crippen molar-refractivity contribution in [2.45, 2.75) is 6.42 Å². The molecule has 50 valence electrons. The Morgan fingerprint density at radius 1 is 1.78 bits per heavy atom. The monoisotopic (exact) mass is 145 g/mol. The molecule has 3 nitrogen and oxygen atoms in total. The molecule has 9 heavy (non-hydrogen) atoms. The van der Waals surface area contributed by atoms with Crippen molar-refractivity contribution in [2.75, 3.05) is 5.75 Å². The predicted octanol–water partition coefficient (Wildman–Crippen LogP) is -0.249. The Balaban J connectivity index is 2.48. The van der Waals surface area contributed by atoms with Gasteiger partial charge in [0.05, 0.1) is 5.92 Å². The molecule has 0 spiro atoms. The molecule has 2 N–H and O–H groups in total. The molecule has 1 heterocycles. The van der Waals surface area contributed by atoms with Crippen LogP contribution in [0.1, 0.15) is 6.42 Å². The van der Waals surface area contributed by atoms with E-state index in [0.717, 1.165) is 0 Å². The van der Waals surface area contributed by atoms with Gasteiger partial charge in [-0.05, 0) is 0 Å². The lowest BCUT2D eigenvalue weighted by Gasteiger charge is -1.96. The Morgan fingerprint density at radius 2 is 2.44 bits per heavy atom. The van der Waals surface area contributed by atoms with Crippen molar-refractivity contribution in [3.8, 4) is 0 Å². The third-order valence-electron chi connectivity index (χ3n) is 1.26. The molecule has 1 aliphatic heterocycles. The van der Waals surface area contributed by atoms with Crippen LogP contribution in [-0.4, -0.2) is 16.8 Å². The summed E-state index contributed by atoms with van der Waals surface area (Å²) in [4.78, 5) is 20.9. The summed E-state index contributed by atoms with van der Waals surface area (Å²) in [5.41, 5.74) is 4.96. The smallest absolute Gasteiger partial charge is 0.221 e. The van der Waals surface area contributed by atoms with Gasteiger partial charge in [0.25, 0.3) is 0 Å². The zero-order chi connectivity index (χ0) is 6.85. The van der Waals surface area contributed by atoms with E-state index in [9.17, 15) is 9.59 Å². The van der Waals surface area contributed by atoms with Crippen LogP contribution in [0, 0.1) is 5.92 Å². The summed E-state index contributed by atoms with van der Waals surface area (Å²) in [6, 6.07) is 0. The molecule has 1 amide bonds. The fourth-order valence-corrected chi connectivity index (χ4v) is 1.68. The Labute approximate surface area is 57.0 Å². The average Bonchev–Trinajstić information content (AvgIpc) is 2.14. The van der Waals surface area contributed by atoms with E-state index < -0.39 is 0 Å². The fourth-order valence-electron chi connectivity index (χ4n) is 0.695. The number of rotatable bonds is 1. The summed E-state index contributed by atoms with van der Waals surface area (Å²) in [6.45, 7) is 0. The van der Waals surface area contributed by atoms with Crippen LogP contribution in [0.2, 0.25) is 0 Å². The number of hydrogen-bond acceptors (Lipinski definition) is 3. The summed E-state index contributed by atoms with van der Waals surface area (Å²) < 4.78 is 0. The number of carbonyl (C=O) groups is 2. The summed E-state index contributed by atoms with van der Waals surface area (Å²) in [6.07, 6.45) is 0.333.